The van der Waals surface area contributed by atoms with Gasteiger partial charge in [0.25, 0.3) is 0 Å². The van der Waals surface area contributed by atoms with Gasteiger partial charge >= 0.3 is 0 Å². The Morgan fingerprint density at radius 2 is 2.20 bits per heavy atom. The van der Waals surface area contributed by atoms with Crippen LogP contribution >= 0.6 is 11.3 Å². The Balaban J connectivity index is 2.45. The first-order valence-corrected chi connectivity index (χ1v) is 5.44. The number of thiazole rings is 1. The summed E-state index contributed by atoms with van der Waals surface area (Å²) in [6.45, 7) is 1.97. The molecular formula is C11H12N2OS. The molecule has 1 aromatic carbocycles. The first kappa shape index (κ1) is 9.98. The van der Waals surface area contributed by atoms with Gasteiger partial charge in [-0.25, -0.2) is 4.98 Å². The molecule has 0 aliphatic heterocycles. The SMILES string of the molecule is COc1ccc(-c2nc(C)cs2)c(N)c1. The number of hydrogen-bond donors (Lipinski definition) is 1. The molecule has 1 aromatic heterocycles. The van der Waals surface area contributed by atoms with Crippen LogP contribution in [0.2, 0.25) is 0 Å². The van der Waals surface area contributed by atoms with Gasteiger partial charge < -0.3 is 10.5 Å². The third kappa shape index (κ3) is 1.94. The molecule has 2 aromatic rings. The number of methoxy groups -OCH3 is 1. The summed E-state index contributed by atoms with van der Waals surface area (Å²) < 4.78 is 5.09. The van der Waals surface area contributed by atoms with Crippen molar-refractivity contribution in [3.05, 3.63) is 29.3 Å². The lowest BCUT2D eigenvalue weighted by molar-refractivity contribution is 0.415. The summed E-state index contributed by atoms with van der Waals surface area (Å²) >= 11 is 1.60. The Hall–Kier alpha value is -1.55. The molecule has 0 saturated carbocycles. The number of aromatic nitrogens is 1. The highest BCUT2D eigenvalue weighted by Crippen LogP contribution is 2.31. The second-order valence-corrected chi connectivity index (χ2v) is 4.11. The standard InChI is InChI=1S/C11H12N2OS/c1-7-6-15-11(13-7)9-4-3-8(14-2)5-10(9)12/h3-6H,12H2,1-2H3. The van der Waals surface area contributed by atoms with E-state index in [2.05, 4.69) is 4.98 Å². The zero-order valence-electron chi connectivity index (χ0n) is 8.65. The predicted octanol–water partition coefficient (Wildman–Crippen LogP) is 2.71. The molecule has 0 unspecified atom stereocenters. The third-order valence-electron chi connectivity index (χ3n) is 2.11. The lowest BCUT2D eigenvalue weighted by atomic mass is 10.2. The molecule has 2 rings (SSSR count). The summed E-state index contributed by atoms with van der Waals surface area (Å²) in [5, 5.41) is 2.96. The van der Waals surface area contributed by atoms with Crippen LogP contribution in [0.15, 0.2) is 23.6 Å². The van der Waals surface area contributed by atoms with Gasteiger partial charge in [0.2, 0.25) is 0 Å². The number of anilines is 1. The molecule has 0 aliphatic rings. The average molecular weight is 220 g/mol. The molecule has 0 spiro atoms. The van der Waals surface area contributed by atoms with Crippen molar-refractivity contribution in [3.8, 4) is 16.3 Å². The smallest absolute Gasteiger partial charge is 0.125 e. The van der Waals surface area contributed by atoms with Gasteiger partial charge in [0.05, 0.1) is 7.11 Å². The van der Waals surface area contributed by atoms with Crippen LogP contribution in [0.3, 0.4) is 0 Å². The van der Waals surface area contributed by atoms with E-state index in [0.717, 1.165) is 22.0 Å². The number of benzene rings is 1. The molecule has 0 amide bonds. The van der Waals surface area contributed by atoms with Crippen LogP contribution in [0.25, 0.3) is 10.6 Å². The molecule has 4 heteroatoms. The van der Waals surface area contributed by atoms with Gasteiger partial charge in [0.1, 0.15) is 10.8 Å². The summed E-state index contributed by atoms with van der Waals surface area (Å²) in [6, 6.07) is 5.64. The Morgan fingerprint density at radius 3 is 2.73 bits per heavy atom. The van der Waals surface area contributed by atoms with Crippen molar-refractivity contribution in [2.24, 2.45) is 0 Å². The maximum atomic E-state index is 5.92. The van der Waals surface area contributed by atoms with Crippen LogP contribution in [-0.2, 0) is 0 Å². The summed E-state index contributed by atoms with van der Waals surface area (Å²) in [5.41, 5.74) is 8.61. The number of rotatable bonds is 2. The zero-order valence-corrected chi connectivity index (χ0v) is 9.47. The van der Waals surface area contributed by atoms with Crippen molar-refractivity contribution >= 4 is 17.0 Å². The average Bonchev–Trinajstić information content (AvgIpc) is 2.64. The van der Waals surface area contributed by atoms with E-state index < -0.39 is 0 Å². The van der Waals surface area contributed by atoms with Gasteiger partial charge in [-0.3, -0.25) is 0 Å². The summed E-state index contributed by atoms with van der Waals surface area (Å²) in [5.74, 6) is 0.768. The van der Waals surface area contributed by atoms with Crippen LogP contribution in [0.5, 0.6) is 5.75 Å². The van der Waals surface area contributed by atoms with Crippen LogP contribution in [0.1, 0.15) is 5.69 Å². The highest BCUT2D eigenvalue weighted by atomic mass is 32.1. The maximum absolute atomic E-state index is 5.92. The Kier molecular flexibility index (Phi) is 2.60. The fraction of sp³-hybridized carbons (Fsp3) is 0.182. The van der Waals surface area contributed by atoms with Crippen molar-refractivity contribution in [2.45, 2.75) is 6.92 Å². The number of nitrogens with zero attached hydrogens (tertiary/aromatic N) is 1. The van der Waals surface area contributed by atoms with Gasteiger partial charge in [-0.05, 0) is 19.1 Å². The number of nitrogen functional groups attached to an aromatic ring is 1. The largest absolute Gasteiger partial charge is 0.497 e. The van der Waals surface area contributed by atoms with E-state index >= 15 is 0 Å². The molecule has 2 N–H and O–H groups in total. The van der Waals surface area contributed by atoms with Gasteiger partial charge in [-0.15, -0.1) is 11.3 Å². The van der Waals surface area contributed by atoms with Gasteiger partial charge in [-0.1, -0.05) is 0 Å². The Labute approximate surface area is 92.5 Å². The Morgan fingerprint density at radius 1 is 1.40 bits per heavy atom. The molecule has 0 aliphatic carbocycles. The second-order valence-electron chi connectivity index (χ2n) is 3.25. The number of nitrogens with two attached hydrogens (primary N) is 1. The monoisotopic (exact) mass is 220 g/mol. The molecule has 0 bridgehead atoms. The zero-order chi connectivity index (χ0) is 10.8. The molecule has 0 radical (unpaired) electrons. The molecular weight excluding hydrogens is 208 g/mol. The molecule has 0 atom stereocenters. The van der Waals surface area contributed by atoms with E-state index in [4.69, 9.17) is 10.5 Å². The minimum Gasteiger partial charge on any atom is -0.497 e. The third-order valence-corrected chi connectivity index (χ3v) is 3.10. The van der Waals surface area contributed by atoms with Crippen LogP contribution in [-0.4, -0.2) is 12.1 Å². The van der Waals surface area contributed by atoms with E-state index in [0.29, 0.717) is 5.69 Å². The van der Waals surface area contributed by atoms with Crippen LogP contribution in [0, 0.1) is 6.92 Å². The minimum atomic E-state index is 0.698. The van der Waals surface area contributed by atoms with Crippen molar-refractivity contribution in [1.29, 1.82) is 0 Å². The van der Waals surface area contributed by atoms with Crippen molar-refractivity contribution in [2.75, 3.05) is 12.8 Å². The summed E-state index contributed by atoms with van der Waals surface area (Å²) in [7, 11) is 1.63. The second kappa shape index (κ2) is 3.90. The summed E-state index contributed by atoms with van der Waals surface area (Å²) in [6.07, 6.45) is 0. The van der Waals surface area contributed by atoms with Crippen molar-refractivity contribution < 1.29 is 4.74 Å². The quantitative estimate of drug-likeness (QED) is 0.791. The van der Waals surface area contributed by atoms with Gasteiger partial charge in [-0.2, -0.15) is 0 Å². The van der Waals surface area contributed by atoms with E-state index in [9.17, 15) is 0 Å². The first-order valence-electron chi connectivity index (χ1n) is 4.56. The predicted molar refractivity (Wildman–Crippen MR) is 63.3 cm³/mol. The highest BCUT2D eigenvalue weighted by molar-refractivity contribution is 7.13. The van der Waals surface area contributed by atoms with E-state index in [1.807, 2.05) is 30.5 Å². The number of hydrogen-bond acceptors (Lipinski definition) is 4. The number of ether oxygens (including phenoxy) is 1. The van der Waals surface area contributed by atoms with Crippen LogP contribution < -0.4 is 10.5 Å². The van der Waals surface area contributed by atoms with Crippen LogP contribution in [0.4, 0.5) is 5.69 Å². The molecule has 0 saturated heterocycles. The van der Waals surface area contributed by atoms with E-state index in [1.165, 1.54) is 0 Å². The first-order chi connectivity index (χ1) is 7.20. The molecule has 0 fully saturated rings. The normalized spacial score (nSPS) is 10.3. The fourth-order valence-corrected chi connectivity index (χ4v) is 2.18. The minimum absolute atomic E-state index is 0.698. The van der Waals surface area contributed by atoms with E-state index in [1.54, 1.807) is 18.4 Å². The Bertz CT molecular complexity index is 479. The van der Waals surface area contributed by atoms with Gasteiger partial charge in [0.15, 0.2) is 0 Å². The molecule has 1 heterocycles. The molecule has 15 heavy (non-hydrogen) atoms. The molecule has 3 nitrogen and oxygen atoms in total. The number of aryl methyl sites for hydroxylation is 1. The van der Waals surface area contributed by atoms with Gasteiger partial charge in [0, 0.05) is 28.4 Å². The molecule has 78 valence electrons. The lowest BCUT2D eigenvalue weighted by Gasteiger charge is -2.04. The lowest BCUT2D eigenvalue weighted by Crippen LogP contribution is -1.91. The fourth-order valence-electron chi connectivity index (χ4n) is 1.34. The highest BCUT2D eigenvalue weighted by Gasteiger charge is 2.07. The van der Waals surface area contributed by atoms with Crippen molar-refractivity contribution in [1.82, 2.24) is 4.98 Å². The topological polar surface area (TPSA) is 48.1 Å². The van der Waals surface area contributed by atoms with E-state index in [-0.39, 0.29) is 0 Å². The maximum Gasteiger partial charge on any atom is 0.125 e. The van der Waals surface area contributed by atoms with Crippen molar-refractivity contribution in [3.63, 3.8) is 0 Å². The summed E-state index contributed by atoms with van der Waals surface area (Å²) in [4.78, 5) is 4.39.